The van der Waals surface area contributed by atoms with E-state index >= 15 is 0 Å². The van der Waals surface area contributed by atoms with Crippen LogP contribution in [-0.4, -0.2) is 81.7 Å². The van der Waals surface area contributed by atoms with Crippen molar-refractivity contribution in [2.24, 2.45) is 5.73 Å². The summed E-state index contributed by atoms with van der Waals surface area (Å²) in [4.78, 5) is 61.3. The molecule has 198 valence electrons. The molecule has 13 nitrogen and oxygen atoms in total. The number of benzene rings is 1. The quantitative estimate of drug-likeness (QED) is 0.146. The maximum atomic E-state index is 12.9. The summed E-state index contributed by atoms with van der Waals surface area (Å²) in [6.45, 7) is 1.94. The van der Waals surface area contributed by atoms with Crippen molar-refractivity contribution in [1.29, 1.82) is 0 Å². The highest BCUT2D eigenvalue weighted by Gasteiger charge is 2.33. The van der Waals surface area contributed by atoms with Crippen LogP contribution in [-0.2, 0) is 30.4 Å². The van der Waals surface area contributed by atoms with Crippen LogP contribution < -0.4 is 27.0 Å². The Hall–Kier alpha value is -3.71. The second kappa shape index (κ2) is 13.4. The van der Waals surface area contributed by atoms with E-state index in [4.69, 9.17) is 5.73 Å². The van der Waals surface area contributed by atoms with Gasteiger partial charge in [0.05, 0.1) is 12.1 Å². The molecule has 4 amide bonds. The van der Waals surface area contributed by atoms with Gasteiger partial charge in [0.15, 0.2) is 0 Å². The molecule has 1 aromatic carbocycles. The van der Waals surface area contributed by atoms with Crippen LogP contribution in [0, 0.1) is 0 Å². The molecule has 36 heavy (non-hydrogen) atoms. The van der Waals surface area contributed by atoms with E-state index in [0.29, 0.717) is 18.5 Å². The number of aromatic hydroxyl groups is 1. The Labute approximate surface area is 207 Å². The number of carbonyl (C=O) groups is 5. The Bertz CT molecular complexity index is 946. The van der Waals surface area contributed by atoms with Crippen LogP contribution in [0.25, 0.3) is 0 Å². The zero-order chi connectivity index (χ0) is 26.8. The molecule has 1 aliphatic rings. The lowest BCUT2D eigenvalue weighted by molar-refractivity contribution is -0.142. The molecule has 9 N–H and O–H groups in total. The van der Waals surface area contributed by atoms with Gasteiger partial charge in [-0.25, -0.2) is 4.79 Å². The molecule has 2 rings (SSSR count). The van der Waals surface area contributed by atoms with Gasteiger partial charge in [0, 0.05) is 12.8 Å². The summed E-state index contributed by atoms with van der Waals surface area (Å²) in [5.74, 6) is -4.34. The number of aliphatic carboxylic acids is 1. The van der Waals surface area contributed by atoms with Gasteiger partial charge in [-0.1, -0.05) is 12.1 Å². The number of hydrogen-bond donors (Lipinski definition) is 8. The van der Waals surface area contributed by atoms with Gasteiger partial charge in [-0.05, 0) is 50.4 Å². The number of hydrogen-bond acceptors (Lipinski definition) is 8. The van der Waals surface area contributed by atoms with Crippen LogP contribution in [0.4, 0.5) is 0 Å². The first-order chi connectivity index (χ1) is 17.0. The Morgan fingerprint density at radius 2 is 1.69 bits per heavy atom. The maximum absolute atomic E-state index is 12.9. The smallest absolute Gasteiger partial charge is 0.326 e. The number of aliphatic hydroxyl groups excluding tert-OH is 1. The van der Waals surface area contributed by atoms with Gasteiger partial charge < -0.3 is 42.3 Å². The minimum Gasteiger partial charge on any atom is -0.508 e. The molecule has 0 spiro atoms. The number of carbonyl (C=O) groups excluding carboxylic acids is 4. The monoisotopic (exact) mass is 507 g/mol. The summed E-state index contributed by atoms with van der Waals surface area (Å²) in [7, 11) is 0. The Morgan fingerprint density at radius 3 is 2.22 bits per heavy atom. The summed E-state index contributed by atoms with van der Waals surface area (Å²) in [6.07, 6.45) is -0.584. The predicted molar refractivity (Wildman–Crippen MR) is 126 cm³/mol. The van der Waals surface area contributed by atoms with Gasteiger partial charge in [-0.3, -0.25) is 19.2 Å². The first-order valence-corrected chi connectivity index (χ1v) is 11.6. The second-order valence-electron chi connectivity index (χ2n) is 8.71. The molecule has 1 saturated heterocycles. The van der Waals surface area contributed by atoms with E-state index in [2.05, 4.69) is 21.3 Å². The van der Waals surface area contributed by atoms with Crippen LogP contribution in [0.5, 0.6) is 5.75 Å². The number of nitrogens with two attached hydrogens (primary N) is 1. The summed E-state index contributed by atoms with van der Waals surface area (Å²) in [6, 6.07) is 1.10. The van der Waals surface area contributed by atoms with Gasteiger partial charge in [0.2, 0.25) is 23.6 Å². The van der Waals surface area contributed by atoms with Crippen LogP contribution in [0.3, 0.4) is 0 Å². The molecular weight excluding hydrogens is 474 g/mol. The number of aliphatic hydroxyl groups is 1. The highest BCUT2D eigenvalue weighted by molar-refractivity contribution is 5.94. The molecular formula is C23H33N5O8. The number of rotatable bonds is 13. The molecule has 0 aliphatic carbocycles. The van der Waals surface area contributed by atoms with E-state index in [1.54, 1.807) is 0 Å². The van der Waals surface area contributed by atoms with Crippen molar-refractivity contribution in [2.45, 2.75) is 69.3 Å². The van der Waals surface area contributed by atoms with Crippen molar-refractivity contribution >= 4 is 29.6 Å². The molecule has 13 heteroatoms. The van der Waals surface area contributed by atoms with E-state index in [-0.39, 0.29) is 25.0 Å². The number of amides is 4. The highest BCUT2D eigenvalue weighted by atomic mass is 16.4. The summed E-state index contributed by atoms with van der Waals surface area (Å²) in [5.41, 5.74) is 5.70. The summed E-state index contributed by atoms with van der Waals surface area (Å²) >= 11 is 0. The van der Waals surface area contributed by atoms with Crippen LogP contribution in [0.2, 0.25) is 0 Å². The van der Waals surface area contributed by atoms with Crippen molar-refractivity contribution < 1.29 is 39.3 Å². The van der Waals surface area contributed by atoms with Gasteiger partial charge in [-0.15, -0.1) is 0 Å². The third-order valence-corrected chi connectivity index (χ3v) is 5.74. The molecule has 1 aliphatic heterocycles. The summed E-state index contributed by atoms with van der Waals surface area (Å²) in [5, 5.41) is 39.2. The van der Waals surface area contributed by atoms with Crippen LogP contribution in [0.15, 0.2) is 24.3 Å². The van der Waals surface area contributed by atoms with E-state index in [9.17, 15) is 39.3 Å². The molecule has 1 aromatic rings. The van der Waals surface area contributed by atoms with Crippen molar-refractivity contribution in [3.8, 4) is 5.75 Å². The van der Waals surface area contributed by atoms with Gasteiger partial charge in [0.25, 0.3) is 0 Å². The second-order valence-corrected chi connectivity index (χ2v) is 8.71. The molecule has 0 radical (unpaired) electrons. The number of primary amides is 1. The molecule has 0 bridgehead atoms. The number of carboxylic acids is 1. The lowest BCUT2D eigenvalue weighted by Gasteiger charge is -2.26. The zero-order valence-electron chi connectivity index (χ0n) is 19.9. The molecule has 5 unspecified atom stereocenters. The fourth-order valence-electron chi connectivity index (χ4n) is 3.72. The van der Waals surface area contributed by atoms with Gasteiger partial charge in [-0.2, -0.15) is 0 Å². The molecule has 0 saturated carbocycles. The third kappa shape index (κ3) is 8.82. The van der Waals surface area contributed by atoms with E-state index < -0.39 is 59.9 Å². The predicted octanol–water partition coefficient (Wildman–Crippen LogP) is -2.13. The Kier molecular flexibility index (Phi) is 10.6. The van der Waals surface area contributed by atoms with Crippen molar-refractivity contribution in [2.75, 3.05) is 6.54 Å². The minimum absolute atomic E-state index is 0.00708. The fraction of sp³-hybridized carbons (Fsp3) is 0.522. The SMILES string of the molecule is CC(O)C(NC(=O)C1CCCN1)C(=O)NC(CCC(N)=O)C(=O)NC(Cc1ccc(O)cc1)C(=O)O. The van der Waals surface area contributed by atoms with Crippen molar-refractivity contribution in [3.63, 3.8) is 0 Å². The largest absolute Gasteiger partial charge is 0.508 e. The first kappa shape index (κ1) is 28.5. The minimum atomic E-state index is -1.39. The lowest BCUT2D eigenvalue weighted by atomic mass is 10.0. The topological polar surface area (TPSA) is 220 Å². The third-order valence-electron chi connectivity index (χ3n) is 5.74. The Balaban J connectivity index is 2.12. The van der Waals surface area contributed by atoms with E-state index in [0.717, 1.165) is 6.42 Å². The number of phenols is 1. The van der Waals surface area contributed by atoms with E-state index in [1.807, 2.05) is 0 Å². The fourth-order valence-corrected chi connectivity index (χ4v) is 3.72. The number of carboxylic acid groups (broad SMARTS) is 1. The molecule has 5 atom stereocenters. The highest BCUT2D eigenvalue weighted by Crippen LogP contribution is 2.12. The van der Waals surface area contributed by atoms with E-state index in [1.165, 1.54) is 31.2 Å². The zero-order valence-corrected chi connectivity index (χ0v) is 19.9. The molecule has 1 heterocycles. The standard InChI is InChI=1S/C23H33N5O8/c1-12(29)19(28-20(32)15-3-2-10-25-15)22(34)26-16(8-9-18(24)31)21(33)27-17(23(35)36)11-13-4-6-14(30)7-5-13/h4-7,12,15-17,19,25,29-30H,2-3,8-11H2,1H3,(H2,24,31)(H,26,34)(H,27,33)(H,28,32)(H,35,36). The number of phenolic OH excluding ortho intramolecular Hbond substituents is 1. The van der Waals surface area contributed by atoms with Crippen molar-refractivity contribution in [3.05, 3.63) is 29.8 Å². The normalized spacial score (nSPS) is 18.3. The van der Waals surface area contributed by atoms with Gasteiger partial charge in [0.1, 0.15) is 23.9 Å². The van der Waals surface area contributed by atoms with Gasteiger partial charge >= 0.3 is 5.97 Å². The maximum Gasteiger partial charge on any atom is 0.326 e. The Morgan fingerprint density at radius 1 is 1.06 bits per heavy atom. The first-order valence-electron chi connectivity index (χ1n) is 11.6. The summed E-state index contributed by atoms with van der Waals surface area (Å²) < 4.78 is 0. The number of nitrogens with one attached hydrogen (secondary N) is 4. The molecule has 1 fully saturated rings. The van der Waals surface area contributed by atoms with Crippen LogP contribution in [0.1, 0.15) is 38.2 Å². The average Bonchev–Trinajstić information content (AvgIpc) is 3.35. The van der Waals surface area contributed by atoms with Crippen molar-refractivity contribution in [1.82, 2.24) is 21.3 Å². The lowest BCUT2D eigenvalue weighted by Crippen LogP contribution is -2.59. The average molecular weight is 508 g/mol. The molecule has 0 aromatic heterocycles. The van der Waals surface area contributed by atoms with Crippen LogP contribution >= 0.6 is 0 Å².